The number of rotatable bonds is 29. The molecule has 6 N–H and O–H groups in total. The van der Waals surface area contributed by atoms with E-state index < -0.39 is 20.0 Å². The molecule has 0 bridgehead atoms. The molecule has 2 aliphatic rings. The molecule has 2 aliphatic heterocycles. The molecule has 422 valence electrons. The number of urea groups is 2. The molecule has 6 rings (SSSR count). The highest BCUT2D eigenvalue weighted by atomic mass is 35.5. The van der Waals surface area contributed by atoms with Gasteiger partial charge >= 0.3 is 12.1 Å². The number of fused-ring (bicyclic) bond motifs is 2. The highest BCUT2D eigenvalue weighted by Gasteiger charge is 2.30. The summed E-state index contributed by atoms with van der Waals surface area (Å²) in [6, 6.07) is 20.4. The first kappa shape index (κ1) is 65.3. The summed E-state index contributed by atoms with van der Waals surface area (Å²) in [6.45, 7) is 6.19. The van der Waals surface area contributed by atoms with Crippen LogP contribution in [0.15, 0.2) is 82.6 Å². The lowest BCUT2D eigenvalue weighted by atomic mass is 9.85. The number of nitrogens with zero attached hydrogens (tertiary/aromatic N) is 2. The Bertz CT molecular complexity index is 2550. The number of carbonyl (C=O) groups is 2. The molecule has 4 aromatic carbocycles. The fourth-order valence-corrected chi connectivity index (χ4v) is 11.9. The molecule has 2 atom stereocenters. The SMILES string of the molecule is CN1Cc2c(Cl)cc(Cl)cc2[C@H](c2cccc(S(=O)(=O)NCCOCCOCCNC(=O)NCCCCNC(=O)NCCOCCOCCNS(=O)(=O)c3cccc([C@@H]4CN(C)Cc5c(Cl)cc(Cl)cc54)c3)c2)C1.Cl.Cl. The molecule has 4 aromatic rings. The molecule has 0 radical (unpaired) electrons. The predicted molar refractivity (Wildman–Crippen MR) is 302 cm³/mol. The highest BCUT2D eigenvalue weighted by molar-refractivity contribution is 7.89. The van der Waals surface area contributed by atoms with E-state index >= 15 is 0 Å². The van der Waals surface area contributed by atoms with E-state index in [1.165, 1.54) is 0 Å². The first-order chi connectivity index (χ1) is 35.5. The van der Waals surface area contributed by atoms with E-state index in [0.29, 0.717) is 72.2 Å². The van der Waals surface area contributed by atoms with Gasteiger partial charge in [0.05, 0.1) is 62.6 Å². The van der Waals surface area contributed by atoms with E-state index in [0.717, 1.165) is 33.4 Å². The molecule has 26 heteroatoms. The van der Waals surface area contributed by atoms with Crippen molar-refractivity contribution in [2.45, 2.75) is 47.6 Å². The van der Waals surface area contributed by atoms with E-state index in [4.69, 9.17) is 65.4 Å². The lowest BCUT2D eigenvalue weighted by Crippen LogP contribution is -2.39. The fraction of sp³-hybridized carbons (Fsp3) is 0.480. The van der Waals surface area contributed by atoms with Crippen LogP contribution in [0.2, 0.25) is 20.1 Å². The quantitative estimate of drug-likeness (QED) is 0.0303. The van der Waals surface area contributed by atoms with Crippen LogP contribution < -0.4 is 30.7 Å². The zero-order chi connectivity index (χ0) is 53.1. The molecular formula is C50H68Cl6N8O10S2. The van der Waals surface area contributed by atoms with Crippen LogP contribution in [0, 0.1) is 0 Å². The zero-order valence-corrected chi connectivity index (χ0v) is 48.6. The van der Waals surface area contributed by atoms with Crippen molar-refractivity contribution >= 4 is 103 Å². The topological polar surface area (TPSA) is 218 Å². The van der Waals surface area contributed by atoms with Crippen molar-refractivity contribution in [3.05, 3.63) is 126 Å². The van der Waals surface area contributed by atoms with Gasteiger partial charge < -0.3 is 50.0 Å². The van der Waals surface area contributed by atoms with Gasteiger partial charge in [-0.2, -0.15) is 0 Å². The van der Waals surface area contributed by atoms with Crippen molar-refractivity contribution in [2.75, 3.05) is 119 Å². The first-order valence-corrected chi connectivity index (χ1v) is 28.8. The third-order valence-electron chi connectivity index (χ3n) is 12.2. The minimum absolute atomic E-state index is 0. The van der Waals surface area contributed by atoms with Crippen LogP contribution in [0.1, 0.15) is 58.1 Å². The average molecular weight is 1220 g/mol. The summed E-state index contributed by atoms with van der Waals surface area (Å²) in [4.78, 5) is 28.8. The molecule has 0 fully saturated rings. The van der Waals surface area contributed by atoms with Crippen LogP contribution >= 0.6 is 71.2 Å². The number of carbonyl (C=O) groups excluding carboxylic acids is 2. The number of amides is 4. The third kappa shape index (κ3) is 20.4. The molecule has 2 heterocycles. The van der Waals surface area contributed by atoms with Gasteiger partial charge in [0.1, 0.15) is 0 Å². The van der Waals surface area contributed by atoms with Crippen LogP contribution in [0.3, 0.4) is 0 Å². The number of hydrogen-bond donors (Lipinski definition) is 6. The Morgan fingerprint density at radius 1 is 0.513 bits per heavy atom. The van der Waals surface area contributed by atoms with Gasteiger partial charge in [-0.15, -0.1) is 24.8 Å². The van der Waals surface area contributed by atoms with Gasteiger partial charge in [0.2, 0.25) is 20.0 Å². The summed E-state index contributed by atoms with van der Waals surface area (Å²) >= 11 is 25.7. The van der Waals surface area contributed by atoms with Gasteiger partial charge in [-0.25, -0.2) is 35.9 Å². The molecule has 0 aliphatic carbocycles. The number of sulfonamides is 2. The summed E-state index contributed by atoms with van der Waals surface area (Å²) in [5.74, 6) is -0.190. The Morgan fingerprint density at radius 2 is 0.868 bits per heavy atom. The van der Waals surface area contributed by atoms with Crippen molar-refractivity contribution in [1.29, 1.82) is 0 Å². The monoisotopic (exact) mass is 1210 g/mol. The summed E-state index contributed by atoms with van der Waals surface area (Å²) in [5.41, 5.74) is 5.67. The molecule has 0 saturated heterocycles. The van der Waals surface area contributed by atoms with Crippen LogP contribution in [-0.2, 0) is 52.1 Å². The first-order valence-electron chi connectivity index (χ1n) is 24.4. The Hall–Kier alpha value is -3.26. The van der Waals surface area contributed by atoms with E-state index in [1.807, 2.05) is 38.4 Å². The lowest BCUT2D eigenvalue weighted by Gasteiger charge is -2.33. The zero-order valence-electron chi connectivity index (χ0n) is 42.3. The maximum atomic E-state index is 13.1. The van der Waals surface area contributed by atoms with E-state index in [1.54, 1.807) is 48.5 Å². The molecule has 0 aromatic heterocycles. The average Bonchev–Trinajstić information content (AvgIpc) is 3.36. The van der Waals surface area contributed by atoms with Gasteiger partial charge in [0, 0.05) is 97.4 Å². The van der Waals surface area contributed by atoms with Crippen molar-refractivity contribution in [3.8, 4) is 0 Å². The minimum Gasteiger partial charge on any atom is -0.378 e. The van der Waals surface area contributed by atoms with Gasteiger partial charge in [-0.1, -0.05) is 70.7 Å². The maximum absolute atomic E-state index is 13.1. The standard InChI is InChI=1S/C50H66Cl4N8O10S2.2ClH/c1-61-31-43(41-27-37(51)29-47(53)45(41)33-61)35-7-5-9-39(25-35)73(65,66)59-15-19-71-23-21-69-17-13-57-49(63)55-11-3-4-12-56-50(64)58-14-18-70-22-24-72-20-16-60-74(67,68)40-10-6-8-36(26-40)44-32-62(2)34-46-42(44)28-38(52)30-48(46)54;;/h5-10,25-30,43-44,59-60H,3-4,11-24,31-34H2,1-2H3,(H2,55,57,63)(H2,56,58,64);2*1H/t43-,44-;;/m0../s1. The number of nitrogens with one attached hydrogen (secondary N) is 6. The smallest absolute Gasteiger partial charge is 0.314 e. The lowest BCUT2D eigenvalue weighted by molar-refractivity contribution is 0.0516. The number of halogens is 6. The summed E-state index contributed by atoms with van der Waals surface area (Å²) in [7, 11) is -3.59. The number of benzene rings is 4. The molecule has 18 nitrogen and oxygen atoms in total. The summed E-state index contributed by atoms with van der Waals surface area (Å²) < 4.78 is 79.8. The Morgan fingerprint density at radius 3 is 1.25 bits per heavy atom. The van der Waals surface area contributed by atoms with Crippen molar-refractivity contribution in [1.82, 2.24) is 40.5 Å². The van der Waals surface area contributed by atoms with Crippen molar-refractivity contribution in [3.63, 3.8) is 0 Å². The van der Waals surface area contributed by atoms with Gasteiger partial charge in [-0.3, -0.25) is 0 Å². The molecule has 0 unspecified atom stereocenters. The Balaban J connectivity index is 0.00000624. The third-order valence-corrected chi connectivity index (χ3v) is 16.2. The van der Waals surface area contributed by atoms with Gasteiger partial charge in [0.25, 0.3) is 0 Å². The van der Waals surface area contributed by atoms with Crippen molar-refractivity contribution < 1.29 is 45.4 Å². The fourth-order valence-electron chi connectivity index (χ4n) is 8.62. The minimum atomic E-state index is -3.79. The normalized spacial score (nSPS) is 15.7. The van der Waals surface area contributed by atoms with Crippen molar-refractivity contribution in [2.24, 2.45) is 0 Å². The van der Waals surface area contributed by atoms with Crippen LogP contribution in [0.25, 0.3) is 0 Å². The summed E-state index contributed by atoms with van der Waals surface area (Å²) in [5, 5.41) is 13.2. The van der Waals surface area contributed by atoms with E-state index in [2.05, 4.69) is 40.5 Å². The second kappa shape index (κ2) is 32.7. The van der Waals surface area contributed by atoms with Crippen LogP contribution in [-0.4, -0.2) is 158 Å². The largest absolute Gasteiger partial charge is 0.378 e. The molecular weight excluding hydrogens is 1150 g/mol. The number of ether oxygens (including phenoxy) is 4. The van der Waals surface area contributed by atoms with Gasteiger partial charge in [-0.05, 0) is 109 Å². The predicted octanol–water partition coefficient (Wildman–Crippen LogP) is 7.00. The second-order valence-electron chi connectivity index (χ2n) is 17.9. The molecule has 76 heavy (non-hydrogen) atoms. The van der Waals surface area contributed by atoms with Crippen LogP contribution in [0.5, 0.6) is 0 Å². The molecule has 4 amide bonds. The Labute approximate surface area is 479 Å². The van der Waals surface area contributed by atoms with E-state index in [-0.39, 0.29) is 138 Å². The molecule has 0 saturated carbocycles. The van der Waals surface area contributed by atoms with E-state index in [9.17, 15) is 26.4 Å². The van der Waals surface area contributed by atoms with Crippen LogP contribution in [0.4, 0.5) is 9.59 Å². The number of unbranched alkanes of at least 4 members (excludes halogenated alkanes) is 1. The summed E-state index contributed by atoms with van der Waals surface area (Å²) in [6.07, 6.45) is 1.31. The molecule has 0 spiro atoms. The second-order valence-corrected chi connectivity index (χ2v) is 23.1. The number of hydrogen-bond acceptors (Lipinski definition) is 12. The highest BCUT2D eigenvalue weighted by Crippen LogP contribution is 2.40. The Kier molecular flexibility index (Phi) is 28.1. The number of likely N-dealkylation sites (N-methyl/N-ethyl adjacent to an activating group) is 2. The van der Waals surface area contributed by atoms with Gasteiger partial charge in [0.15, 0.2) is 0 Å². The maximum Gasteiger partial charge on any atom is 0.314 e.